The van der Waals surface area contributed by atoms with Crippen molar-refractivity contribution in [3.8, 4) is 0 Å². The summed E-state index contributed by atoms with van der Waals surface area (Å²) in [4.78, 5) is 2.08. The van der Waals surface area contributed by atoms with Crippen LogP contribution >= 0.6 is 0 Å². The third-order valence-corrected chi connectivity index (χ3v) is 4.57. The third-order valence-electron chi connectivity index (χ3n) is 4.57. The standard InChI is InChI=1S/C17H27FN2/c1-13(19-2)15-9-10-17(16(18)11-15)20(3)12-14-7-5-4-6-8-14/h9-11,13-14,19H,4-8,12H2,1-3H3. The minimum atomic E-state index is -0.108. The topological polar surface area (TPSA) is 15.3 Å². The number of nitrogens with one attached hydrogen (secondary N) is 1. The maximum atomic E-state index is 14.3. The van der Waals surface area contributed by atoms with Crippen LogP contribution in [0.4, 0.5) is 10.1 Å². The van der Waals surface area contributed by atoms with Gasteiger partial charge in [0, 0.05) is 19.6 Å². The zero-order valence-electron chi connectivity index (χ0n) is 13.0. The monoisotopic (exact) mass is 278 g/mol. The van der Waals surface area contributed by atoms with E-state index in [0.717, 1.165) is 23.7 Å². The van der Waals surface area contributed by atoms with Gasteiger partial charge in [-0.15, -0.1) is 0 Å². The van der Waals surface area contributed by atoms with E-state index in [1.807, 2.05) is 33.2 Å². The van der Waals surface area contributed by atoms with Crippen molar-refractivity contribution in [3.05, 3.63) is 29.6 Å². The van der Waals surface area contributed by atoms with E-state index in [1.165, 1.54) is 32.1 Å². The first-order valence-electron chi connectivity index (χ1n) is 7.79. The van der Waals surface area contributed by atoms with Gasteiger partial charge in [0.1, 0.15) is 5.82 Å². The molecule has 0 radical (unpaired) electrons. The highest BCUT2D eigenvalue weighted by atomic mass is 19.1. The van der Waals surface area contributed by atoms with E-state index in [9.17, 15) is 4.39 Å². The van der Waals surface area contributed by atoms with Crippen LogP contribution in [0.3, 0.4) is 0 Å². The Labute approximate surface area is 122 Å². The van der Waals surface area contributed by atoms with Gasteiger partial charge in [-0.05, 0) is 50.4 Å². The summed E-state index contributed by atoms with van der Waals surface area (Å²) in [6, 6.07) is 5.79. The third kappa shape index (κ3) is 3.72. The van der Waals surface area contributed by atoms with Gasteiger partial charge < -0.3 is 10.2 Å². The lowest BCUT2D eigenvalue weighted by Gasteiger charge is -2.29. The van der Waals surface area contributed by atoms with Crippen LogP contribution in [-0.4, -0.2) is 20.6 Å². The number of anilines is 1. The van der Waals surface area contributed by atoms with Crippen molar-refractivity contribution < 1.29 is 4.39 Å². The van der Waals surface area contributed by atoms with Crippen molar-refractivity contribution in [3.63, 3.8) is 0 Å². The Morgan fingerprint density at radius 3 is 2.60 bits per heavy atom. The fourth-order valence-electron chi connectivity index (χ4n) is 3.12. The fourth-order valence-corrected chi connectivity index (χ4v) is 3.12. The Morgan fingerprint density at radius 1 is 1.30 bits per heavy atom. The van der Waals surface area contributed by atoms with E-state index in [1.54, 1.807) is 6.07 Å². The summed E-state index contributed by atoms with van der Waals surface area (Å²) >= 11 is 0. The molecule has 2 rings (SSSR count). The summed E-state index contributed by atoms with van der Waals surface area (Å²) in [6.07, 6.45) is 6.62. The zero-order chi connectivity index (χ0) is 14.5. The molecule has 0 bridgehead atoms. The molecule has 20 heavy (non-hydrogen) atoms. The number of rotatable bonds is 5. The Balaban J connectivity index is 2.03. The Bertz CT molecular complexity index is 427. The van der Waals surface area contributed by atoms with Gasteiger partial charge in [-0.3, -0.25) is 0 Å². The van der Waals surface area contributed by atoms with Gasteiger partial charge >= 0.3 is 0 Å². The van der Waals surface area contributed by atoms with Crippen molar-refractivity contribution in [2.24, 2.45) is 5.92 Å². The van der Waals surface area contributed by atoms with E-state index >= 15 is 0 Å². The second-order valence-electron chi connectivity index (χ2n) is 6.11. The summed E-state index contributed by atoms with van der Waals surface area (Å²) in [6.45, 7) is 3.01. The molecule has 1 saturated carbocycles. The predicted molar refractivity (Wildman–Crippen MR) is 83.7 cm³/mol. The summed E-state index contributed by atoms with van der Waals surface area (Å²) in [5, 5.41) is 3.14. The molecule has 1 aromatic carbocycles. The SMILES string of the molecule is CNC(C)c1ccc(N(C)CC2CCCCC2)c(F)c1. The molecule has 1 unspecified atom stereocenters. The number of hydrogen-bond acceptors (Lipinski definition) is 2. The Kier molecular flexibility index (Phi) is 5.41. The van der Waals surface area contributed by atoms with E-state index in [0.29, 0.717) is 0 Å². The molecule has 0 heterocycles. The van der Waals surface area contributed by atoms with Gasteiger partial charge in [0.05, 0.1) is 5.69 Å². The summed E-state index contributed by atoms with van der Waals surface area (Å²) in [5.41, 5.74) is 1.72. The van der Waals surface area contributed by atoms with E-state index in [2.05, 4.69) is 10.2 Å². The summed E-state index contributed by atoms with van der Waals surface area (Å²) in [7, 11) is 3.90. The second-order valence-corrected chi connectivity index (χ2v) is 6.11. The number of halogens is 1. The first-order chi connectivity index (χ1) is 9.61. The molecule has 1 aliphatic rings. The number of benzene rings is 1. The maximum absolute atomic E-state index is 14.3. The van der Waals surface area contributed by atoms with E-state index in [4.69, 9.17) is 0 Å². The molecule has 1 aliphatic carbocycles. The van der Waals surface area contributed by atoms with E-state index in [-0.39, 0.29) is 11.9 Å². The zero-order valence-corrected chi connectivity index (χ0v) is 13.0. The van der Waals surface area contributed by atoms with Crippen molar-refractivity contribution >= 4 is 5.69 Å². The second kappa shape index (κ2) is 7.07. The van der Waals surface area contributed by atoms with Crippen LogP contribution in [0.1, 0.15) is 50.6 Å². The fraction of sp³-hybridized carbons (Fsp3) is 0.647. The molecule has 3 heteroatoms. The highest BCUT2D eigenvalue weighted by molar-refractivity contribution is 5.49. The van der Waals surface area contributed by atoms with Gasteiger partial charge in [-0.25, -0.2) is 4.39 Å². The molecule has 1 N–H and O–H groups in total. The molecule has 1 fully saturated rings. The van der Waals surface area contributed by atoms with E-state index < -0.39 is 0 Å². The van der Waals surface area contributed by atoms with Crippen molar-refractivity contribution in [1.29, 1.82) is 0 Å². The molecule has 0 saturated heterocycles. The minimum absolute atomic E-state index is 0.108. The molecular weight excluding hydrogens is 251 g/mol. The molecule has 0 amide bonds. The van der Waals surface area contributed by atoms with Crippen LogP contribution in [0.2, 0.25) is 0 Å². The van der Waals surface area contributed by atoms with Crippen LogP contribution in [0.25, 0.3) is 0 Å². The minimum Gasteiger partial charge on any atom is -0.372 e. The summed E-state index contributed by atoms with van der Waals surface area (Å²) < 4.78 is 14.3. The molecule has 1 aromatic rings. The lowest BCUT2D eigenvalue weighted by molar-refractivity contribution is 0.361. The first kappa shape index (κ1) is 15.3. The lowest BCUT2D eigenvalue weighted by atomic mass is 9.89. The molecular formula is C17H27FN2. The van der Waals surface area contributed by atoms with Crippen LogP contribution in [0, 0.1) is 11.7 Å². The average molecular weight is 278 g/mol. The molecule has 1 atom stereocenters. The van der Waals surface area contributed by atoms with Crippen LogP contribution in [-0.2, 0) is 0 Å². The van der Waals surface area contributed by atoms with Gasteiger partial charge in [-0.2, -0.15) is 0 Å². The maximum Gasteiger partial charge on any atom is 0.146 e. The van der Waals surface area contributed by atoms with Crippen molar-refractivity contribution in [2.75, 3.05) is 25.5 Å². The van der Waals surface area contributed by atoms with Gasteiger partial charge in [-0.1, -0.05) is 25.3 Å². The molecule has 0 aliphatic heterocycles. The van der Waals surface area contributed by atoms with Crippen LogP contribution < -0.4 is 10.2 Å². The van der Waals surface area contributed by atoms with Crippen molar-refractivity contribution in [1.82, 2.24) is 5.32 Å². The molecule has 0 aromatic heterocycles. The lowest BCUT2D eigenvalue weighted by Crippen LogP contribution is -2.27. The Hall–Kier alpha value is -1.09. The van der Waals surface area contributed by atoms with Crippen LogP contribution in [0.15, 0.2) is 18.2 Å². The number of nitrogens with zero attached hydrogens (tertiary/aromatic N) is 1. The average Bonchev–Trinajstić information content (AvgIpc) is 2.47. The largest absolute Gasteiger partial charge is 0.372 e. The van der Waals surface area contributed by atoms with Gasteiger partial charge in [0.15, 0.2) is 0 Å². The van der Waals surface area contributed by atoms with Crippen LogP contribution in [0.5, 0.6) is 0 Å². The first-order valence-corrected chi connectivity index (χ1v) is 7.79. The van der Waals surface area contributed by atoms with Gasteiger partial charge in [0.25, 0.3) is 0 Å². The molecule has 112 valence electrons. The number of hydrogen-bond donors (Lipinski definition) is 1. The highest BCUT2D eigenvalue weighted by Gasteiger charge is 2.17. The normalized spacial score (nSPS) is 18.0. The highest BCUT2D eigenvalue weighted by Crippen LogP contribution is 2.28. The Morgan fingerprint density at radius 2 is 2.00 bits per heavy atom. The summed E-state index contributed by atoms with van der Waals surface area (Å²) in [5.74, 6) is 0.618. The van der Waals surface area contributed by atoms with Crippen molar-refractivity contribution in [2.45, 2.75) is 45.1 Å². The quantitative estimate of drug-likeness (QED) is 0.871. The molecule has 0 spiro atoms. The van der Waals surface area contributed by atoms with Gasteiger partial charge in [0.2, 0.25) is 0 Å². The smallest absolute Gasteiger partial charge is 0.146 e. The predicted octanol–water partition coefficient (Wildman–Crippen LogP) is 4.12. The molecule has 2 nitrogen and oxygen atoms in total.